The highest BCUT2D eigenvalue weighted by Gasteiger charge is 2.33. The largest absolute Gasteiger partial charge is 0.444 e. The van der Waals surface area contributed by atoms with E-state index in [-0.39, 0.29) is 18.4 Å². The molecular weight excluding hydrogens is 490 g/mol. The van der Waals surface area contributed by atoms with Gasteiger partial charge in [0.25, 0.3) is 5.91 Å². The summed E-state index contributed by atoms with van der Waals surface area (Å²) in [5, 5.41) is 7.72. The molecule has 1 atom stereocenters. The monoisotopic (exact) mass is 531 g/mol. The molecule has 0 aliphatic rings. The van der Waals surface area contributed by atoms with Gasteiger partial charge in [-0.2, -0.15) is 0 Å². The van der Waals surface area contributed by atoms with E-state index in [2.05, 4.69) is 17.6 Å². The predicted octanol–water partition coefficient (Wildman–Crippen LogP) is 6.68. The molecule has 7 nitrogen and oxygen atoms in total. The summed E-state index contributed by atoms with van der Waals surface area (Å²) in [6.45, 7) is 11.4. The van der Waals surface area contributed by atoms with E-state index in [1.165, 1.54) is 0 Å². The van der Waals surface area contributed by atoms with E-state index >= 15 is 0 Å². The van der Waals surface area contributed by atoms with Crippen LogP contribution in [0.2, 0.25) is 0 Å². The van der Waals surface area contributed by atoms with Gasteiger partial charge in [0.2, 0.25) is 5.91 Å². The lowest BCUT2D eigenvalue weighted by Gasteiger charge is -2.33. The van der Waals surface area contributed by atoms with Crippen molar-refractivity contribution in [1.29, 1.82) is 0 Å². The Morgan fingerprint density at radius 1 is 0.897 bits per heavy atom. The number of unbranched alkanes of at least 4 members (excludes halogenated alkanes) is 2. The van der Waals surface area contributed by atoms with Crippen LogP contribution in [0.15, 0.2) is 60.7 Å². The van der Waals surface area contributed by atoms with Crippen LogP contribution in [0, 0.1) is 13.8 Å². The van der Waals surface area contributed by atoms with Crippen LogP contribution >= 0.6 is 0 Å². The number of hydrogen-bond donors (Lipinski definition) is 2. The van der Waals surface area contributed by atoms with Gasteiger partial charge in [0.15, 0.2) is 0 Å². The van der Waals surface area contributed by atoms with Crippen molar-refractivity contribution in [3.8, 4) is 0 Å². The molecule has 0 bridgehead atoms. The van der Waals surface area contributed by atoms with E-state index in [0.29, 0.717) is 12.2 Å². The van der Waals surface area contributed by atoms with Gasteiger partial charge in [-0.25, -0.2) is 4.79 Å². The van der Waals surface area contributed by atoms with E-state index < -0.39 is 17.7 Å². The summed E-state index contributed by atoms with van der Waals surface area (Å²) in [4.78, 5) is 41.6. The van der Waals surface area contributed by atoms with Gasteiger partial charge in [-0.05, 0) is 80.6 Å². The molecule has 39 heavy (non-hydrogen) atoms. The summed E-state index contributed by atoms with van der Waals surface area (Å²) >= 11 is 0. The molecule has 2 N–H and O–H groups in total. The third kappa shape index (κ3) is 8.31. The second-order valence-electron chi connectivity index (χ2n) is 10.9. The van der Waals surface area contributed by atoms with Crippen molar-refractivity contribution < 1.29 is 19.1 Å². The SMILES string of the molecule is CCCCCN(C(=O)CNC(=O)OC(C)(C)C)C(C(=O)Nc1ccc2ccccc2c1)c1c(C)cccc1C. The van der Waals surface area contributed by atoms with Crippen molar-refractivity contribution >= 4 is 34.4 Å². The predicted molar refractivity (Wildman–Crippen MR) is 157 cm³/mol. The van der Waals surface area contributed by atoms with Crippen molar-refractivity contribution in [2.45, 2.75) is 72.4 Å². The lowest BCUT2D eigenvalue weighted by molar-refractivity contribution is -0.138. The van der Waals surface area contributed by atoms with E-state index in [1.807, 2.05) is 74.5 Å². The Morgan fingerprint density at radius 2 is 1.56 bits per heavy atom. The molecule has 0 saturated heterocycles. The second-order valence-corrected chi connectivity index (χ2v) is 10.9. The first-order valence-corrected chi connectivity index (χ1v) is 13.6. The summed E-state index contributed by atoms with van der Waals surface area (Å²) < 4.78 is 5.31. The maximum Gasteiger partial charge on any atom is 0.408 e. The summed E-state index contributed by atoms with van der Waals surface area (Å²) in [6.07, 6.45) is 1.94. The Hall–Kier alpha value is -3.87. The summed E-state index contributed by atoms with van der Waals surface area (Å²) in [5.74, 6) is -0.650. The van der Waals surface area contributed by atoms with E-state index in [0.717, 1.165) is 46.7 Å². The normalized spacial score (nSPS) is 12.1. The molecule has 3 aromatic rings. The highest BCUT2D eigenvalue weighted by atomic mass is 16.6. The highest BCUT2D eigenvalue weighted by Crippen LogP contribution is 2.30. The van der Waals surface area contributed by atoms with Crippen LogP contribution in [-0.4, -0.2) is 41.5 Å². The van der Waals surface area contributed by atoms with E-state index in [9.17, 15) is 14.4 Å². The number of carbonyl (C=O) groups excluding carboxylic acids is 3. The Bertz CT molecular complexity index is 1290. The van der Waals surface area contributed by atoms with E-state index in [1.54, 1.807) is 25.7 Å². The maximum absolute atomic E-state index is 14.0. The number of anilines is 1. The van der Waals surface area contributed by atoms with Crippen molar-refractivity contribution in [3.63, 3.8) is 0 Å². The number of aryl methyl sites for hydroxylation is 2. The van der Waals surface area contributed by atoms with Crippen LogP contribution in [0.1, 0.15) is 69.7 Å². The molecule has 0 heterocycles. The van der Waals surface area contributed by atoms with Crippen LogP contribution in [0.3, 0.4) is 0 Å². The number of fused-ring (bicyclic) bond motifs is 1. The molecule has 3 rings (SSSR count). The fourth-order valence-electron chi connectivity index (χ4n) is 4.66. The lowest BCUT2D eigenvalue weighted by Crippen LogP contribution is -2.47. The van der Waals surface area contributed by atoms with Crippen LogP contribution in [0.5, 0.6) is 0 Å². The molecule has 3 aromatic carbocycles. The number of hydrogen-bond acceptors (Lipinski definition) is 4. The summed E-state index contributed by atoms with van der Waals surface area (Å²) in [5.41, 5.74) is 2.60. The van der Waals surface area contributed by atoms with Crippen molar-refractivity contribution in [2.75, 3.05) is 18.4 Å². The average molecular weight is 532 g/mol. The average Bonchev–Trinajstić information content (AvgIpc) is 2.87. The smallest absolute Gasteiger partial charge is 0.408 e. The first-order chi connectivity index (χ1) is 18.5. The zero-order valence-corrected chi connectivity index (χ0v) is 24.0. The quantitative estimate of drug-likeness (QED) is 0.286. The first kappa shape index (κ1) is 29.7. The maximum atomic E-state index is 14.0. The number of ether oxygens (including phenoxy) is 1. The molecule has 0 aliphatic carbocycles. The van der Waals surface area contributed by atoms with Gasteiger partial charge >= 0.3 is 6.09 Å². The number of nitrogens with one attached hydrogen (secondary N) is 2. The Morgan fingerprint density at radius 3 is 2.21 bits per heavy atom. The Labute approximate surface area is 231 Å². The van der Waals surface area contributed by atoms with Gasteiger partial charge < -0.3 is 20.3 Å². The molecular formula is C32H41N3O4. The molecule has 3 amide bonds. The lowest BCUT2D eigenvalue weighted by atomic mass is 9.93. The van der Waals surface area contributed by atoms with Crippen molar-refractivity contribution in [1.82, 2.24) is 10.2 Å². The van der Waals surface area contributed by atoms with Crippen molar-refractivity contribution in [3.05, 3.63) is 77.4 Å². The molecule has 0 saturated carbocycles. The molecule has 0 aliphatic heterocycles. The second kappa shape index (κ2) is 13.3. The topological polar surface area (TPSA) is 87.7 Å². The number of rotatable bonds is 10. The minimum absolute atomic E-state index is 0.272. The van der Waals surface area contributed by atoms with E-state index in [4.69, 9.17) is 4.74 Å². The Kier molecular flexibility index (Phi) is 10.1. The zero-order valence-electron chi connectivity index (χ0n) is 24.0. The van der Waals surface area contributed by atoms with Gasteiger partial charge in [0, 0.05) is 12.2 Å². The molecule has 0 radical (unpaired) electrons. The number of amides is 3. The number of alkyl carbamates (subject to hydrolysis) is 1. The molecule has 0 aromatic heterocycles. The van der Waals surface area contributed by atoms with Gasteiger partial charge in [0.05, 0.1) is 0 Å². The summed E-state index contributed by atoms with van der Waals surface area (Å²) in [6, 6.07) is 18.7. The highest BCUT2D eigenvalue weighted by molar-refractivity contribution is 6.00. The van der Waals surface area contributed by atoms with Crippen LogP contribution < -0.4 is 10.6 Å². The van der Waals surface area contributed by atoms with Crippen LogP contribution in [-0.2, 0) is 14.3 Å². The zero-order chi connectivity index (χ0) is 28.6. The minimum Gasteiger partial charge on any atom is -0.444 e. The van der Waals surface area contributed by atoms with Crippen LogP contribution in [0.25, 0.3) is 10.8 Å². The van der Waals surface area contributed by atoms with Gasteiger partial charge in [-0.15, -0.1) is 0 Å². The first-order valence-electron chi connectivity index (χ1n) is 13.6. The number of nitrogens with zero attached hydrogens (tertiary/aromatic N) is 1. The fraction of sp³-hybridized carbons (Fsp3) is 0.406. The summed E-state index contributed by atoms with van der Waals surface area (Å²) in [7, 11) is 0. The molecule has 7 heteroatoms. The standard InChI is InChI=1S/C32H41N3O4/c1-7-8-11-19-35(27(36)21-33-31(38)39-32(4,5)6)29(28-22(2)13-12-14-23(28)3)30(37)34-26-18-17-24-15-9-10-16-25(24)20-26/h9-10,12-18,20,29H,7-8,11,19,21H2,1-6H3,(H,33,38)(H,34,37). The molecule has 1 unspecified atom stereocenters. The third-order valence-corrected chi connectivity index (χ3v) is 6.50. The Balaban J connectivity index is 1.96. The fourth-order valence-corrected chi connectivity index (χ4v) is 4.66. The van der Waals surface area contributed by atoms with Crippen molar-refractivity contribution in [2.24, 2.45) is 0 Å². The molecule has 0 spiro atoms. The van der Waals surface area contributed by atoms with Crippen LogP contribution in [0.4, 0.5) is 10.5 Å². The number of benzene rings is 3. The van der Waals surface area contributed by atoms with Gasteiger partial charge in [0.1, 0.15) is 18.2 Å². The van der Waals surface area contributed by atoms with Gasteiger partial charge in [-0.3, -0.25) is 9.59 Å². The molecule has 208 valence electrons. The molecule has 0 fully saturated rings. The number of carbonyl (C=O) groups is 3. The van der Waals surface area contributed by atoms with Gasteiger partial charge in [-0.1, -0.05) is 68.3 Å². The third-order valence-electron chi connectivity index (χ3n) is 6.50. The minimum atomic E-state index is -0.873.